The van der Waals surface area contributed by atoms with Crippen molar-refractivity contribution in [3.8, 4) is 0 Å². The molecule has 2 bridgehead atoms. The number of halogens is 1. The second-order valence-corrected chi connectivity index (χ2v) is 6.60. The van der Waals surface area contributed by atoms with E-state index in [1.165, 1.54) is 6.42 Å². The molecule has 1 amide bonds. The summed E-state index contributed by atoms with van der Waals surface area (Å²) < 4.78 is 1.12. The minimum Gasteiger partial charge on any atom is -0.326 e. The second-order valence-electron chi connectivity index (χ2n) is 5.80. The summed E-state index contributed by atoms with van der Waals surface area (Å²) in [7, 11) is 0. The number of carbonyl (C=O) groups is 1. The second kappa shape index (κ2) is 4.91. The first kappa shape index (κ1) is 13.1. The van der Waals surface area contributed by atoms with Gasteiger partial charge in [0, 0.05) is 22.2 Å². The Balaban J connectivity index is 1.73. The average Bonchev–Trinajstić information content (AvgIpc) is 2.98. The summed E-state index contributed by atoms with van der Waals surface area (Å²) in [5, 5.41) is 6.59. The molecule has 2 heterocycles. The van der Waals surface area contributed by atoms with Crippen molar-refractivity contribution in [1.29, 1.82) is 0 Å². The van der Waals surface area contributed by atoms with Crippen molar-refractivity contribution in [2.45, 2.75) is 45.2 Å². The summed E-state index contributed by atoms with van der Waals surface area (Å²) >= 11 is 3.55. The van der Waals surface area contributed by atoms with Crippen molar-refractivity contribution in [3.63, 3.8) is 0 Å². The third-order valence-electron chi connectivity index (χ3n) is 4.34. The SMILES string of the molecule is Cc1cc(NC(=O)C2CC3CCC2N3)cc(C)c1Br. The lowest BCUT2D eigenvalue weighted by atomic mass is 9.88. The van der Waals surface area contributed by atoms with Gasteiger partial charge in [-0.25, -0.2) is 0 Å². The summed E-state index contributed by atoms with van der Waals surface area (Å²) in [6.45, 7) is 4.09. The molecule has 3 unspecified atom stereocenters. The Morgan fingerprint density at radius 3 is 2.53 bits per heavy atom. The van der Waals surface area contributed by atoms with Crippen LogP contribution in [0.15, 0.2) is 16.6 Å². The van der Waals surface area contributed by atoms with Gasteiger partial charge in [0.05, 0.1) is 5.92 Å². The number of anilines is 1. The van der Waals surface area contributed by atoms with E-state index in [0.29, 0.717) is 12.1 Å². The van der Waals surface area contributed by atoms with Gasteiger partial charge in [-0.1, -0.05) is 15.9 Å². The van der Waals surface area contributed by atoms with Crippen molar-refractivity contribution in [2.24, 2.45) is 5.92 Å². The molecule has 0 radical (unpaired) electrons. The minimum absolute atomic E-state index is 0.142. The Labute approximate surface area is 122 Å². The van der Waals surface area contributed by atoms with Crippen LogP contribution in [0, 0.1) is 19.8 Å². The lowest BCUT2D eigenvalue weighted by molar-refractivity contribution is -0.120. The molecule has 0 saturated carbocycles. The Morgan fingerprint density at radius 1 is 1.32 bits per heavy atom. The third-order valence-corrected chi connectivity index (χ3v) is 5.59. The summed E-state index contributed by atoms with van der Waals surface area (Å²) in [6.07, 6.45) is 3.36. The van der Waals surface area contributed by atoms with Crippen molar-refractivity contribution < 1.29 is 4.79 Å². The quantitative estimate of drug-likeness (QED) is 0.878. The largest absolute Gasteiger partial charge is 0.326 e. The van der Waals surface area contributed by atoms with Gasteiger partial charge in [-0.2, -0.15) is 0 Å². The molecule has 3 nitrogen and oxygen atoms in total. The molecule has 0 spiro atoms. The molecule has 2 saturated heterocycles. The highest BCUT2D eigenvalue weighted by molar-refractivity contribution is 9.10. The van der Waals surface area contributed by atoms with Crippen LogP contribution in [0.3, 0.4) is 0 Å². The Morgan fingerprint density at radius 2 is 2.00 bits per heavy atom. The van der Waals surface area contributed by atoms with Gasteiger partial charge in [-0.05, 0) is 56.4 Å². The van der Waals surface area contributed by atoms with Crippen molar-refractivity contribution in [3.05, 3.63) is 27.7 Å². The number of rotatable bonds is 2. The minimum atomic E-state index is 0.142. The first-order valence-electron chi connectivity index (χ1n) is 6.88. The number of amides is 1. The molecular weight excluding hydrogens is 304 g/mol. The zero-order valence-electron chi connectivity index (χ0n) is 11.3. The van der Waals surface area contributed by atoms with E-state index < -0.39 is 0 Å². The molecule has 0 aliphatic carbocycles. The summed E-state index contributed by atoms with van der Waals surface area (Å²) in [6, 6.07) is 5.00. The zero-order chi connectivity index (χ0) is 13.6. The summed E-state index contributed by atoms with van der Waals surface area (Å²) in [5.74, 6) is 0.309. The predicted octanol–water partition coefficient (Wildman–Crippen LogP) is 3.14. The van der Waals surface area contributed by atoms with E-state index >= 15 is 0 Å². The normalized spacial score (nSPS) is 28.7. The number of fused-ring (bicyclic) bond motifs is 2. The molecule has 4 heteroatoms. The van der Waals surface area contributed by atoms with Gasteiger partial charge >= 0.3 is 0 Å². The topological polar surface area (TPSA) is 41.1 Å². The monoisotopic (exact) mass is 322 g/mol. The maximum absolute atomic E-state index is 12.3. The molecule has 2 fully saturated rings. The van der Waals surface area contributed by atoms with E-state index in [9.17, 15) is 4.79 Å². The average molecular weight is 323 g/mol. The maximum atomic E-state index is 12.3. The molecule has 2 aliphatic heterocycles. The van der Waals surface area contributed by atoms with E-state index in [-0.39, 0.29) is 11.8 Å². The highest BCUT2D eigenvalue weighted by Crippen LogP contribution is 2.34. The van der Waals surface area contributed by atoms with Crippen molar-refractivity contribution in [2.75, 3.05) is 5.32 Å². The van der Waals surface area contributed by atoms with Crippen LogP contribution in [-0.4, -0.2) is 18.0 Å². The van der Waals surface area contributed by atoms with Crippen LogP contribution in [-0.2, 0) is 4.79 Å². The Hall–Kier alpha value is -0.870. The fraction of sp³-hybridized carbons (Fsp3) is 0.533. The zero-order valence-corrected chi connectivity index (χ0v) is 12.9. The number of benzene rings is 1. The van der Waals surface area contributed by atoms with E-state index in [1.54, 1.807) is 0 Å². The van der Waals surface area contributed by atoms with Crippen molar-refractivity contribution >= 4 is 27.5 Å². The molecule has 102 valence electrons. The van der Waals surface area contributed by atoms with Gasteiger partial charge in [0.1, 0.15) is 0 Å². The number of hydrogen-bond acceptors (Lipinski definition) is 2. The molecule has 3 atom stereocenters. The molecule has 2 N–H and O–H groups in total. The van der Waals surface area contributed by atoms with Gasteiger partial charge in [0.15, 0.2) is 0 Å². The van der Waals surface area contributed by atoms with Crippen LogP contribution in [0.4, 0.5) is 5.69 Å². The molecule has 1 aromatic carbocycles. The van der Waals surface area contributed by atoms with Crippen LogP contribution in [0.2, 0.25) is 0 Å². The van der Waals surface area contributed by atoms with Crippen LogP contribution in [0.5, 0.6) is 0 Å². The first-order valence-corrected chi connectivity index (χ1v) is 7.67. The van der Waals surface area contributed by atoms with Crippen molar-refractivity contribution in [1.82, 2.24) is 5.32 Å². The lowest BCUT2D eigenvalue weighted by Crippen LogP contribution is -2.32. The van der Waals surface area contributed by atoms with Gasteiger partial charge in [0.2, 0.25) is 5.91 Å². The molecule has 0 aromatic heterocycles. The number of hydrogen-bond donors (Lipinski definition) is 2. The fourth-order valence-electron chi connectivity index (χ4n) is 3.37. The fourth-order valence-corrected chi connectivity index (χ4v) is 3.60. The van der Waals surface area contributed by atoms with Gasteiger partial charge in [-0.15, -0.1) is 0 Å². The standard InChI is InChI=1S/C15H19BrN2O/c1-8-5-11(6-9(2)14(8)16)18-15(19)12-7-10-3-4-13(12)17-10/h5-6,10,12-13,17H,3-4,7H2,1-2H3,(H,18,19). The van der Waals surface area contributed by atoms with Gasteiger partial charge in [-0.3, -0.25) is 4.79 Å². The maximum Gasteiger partial charge on any atom is 0.229 e. The van der Waals surface area contributed by atoms with E-state index in [2.05, 4.69) is 26.6 Å². The van der Waals surface area contributed by atoms with Gasteiger partial charge in [0.25, 0.3) is 0 Å². The van der Waals surface area contributed by atoms with Crippen LogP contribution >= 0.6 is 15.9 Å². The van der Waals surface area contributed by atoms with E-state index in [4.69, 9.17) is 0 Å². The lowest BCUT2D eigenvalue weighted by Gasteiger charge is -2.20. The van der Waals surface area contributed by atoms with E-state index in [1.807, 2.05) is 26.0 Å². The van der Waals surface area contributed by atoms with Crippen LogP contribution in [0.1, 0.15) is 30.4 Å². The van der Waals surface area contributed by atoms with E-state index in [0.717, 1.165) is 34.1 Å². The third kappa shape index (κ3) is 2.43. The highest BCUT2D eigenvalue weighted by atomic mass is 79.9. The number of aryl methyl sites for hydroxylation is 2. The Bertz CT molecular complexity index is 506. The Kier molecular flexibility index (Phi) is 3.39. The first-order chi connectivity index (χ1) is 9.04. The molecular formula is C15H19BrN2O. The summed E-state index contributed by atoms with van der Waals surface area (Å²) in [4.78, 5) is 12.3. The molecule has 3 rings (SSSR count). The number of carbonyl (C=O) groups excluding carboxylic acids is 1. The molecule has 2 aliphatic rings. The van der Waals surface area contributed by atoms with Crippen LogP contribution in [0.25, 0.3) is 0 Å². The predicted molar refractivity (Wildman–Crippen MR) is 80.3 cm³/mol. The number of nitrogens with one attached hydrogen (secondary N) is 2. The molecule has 19 heavy (non-hydrogen) atoms. The highest BCUT2D eigenvalue weighted by Gasteiger charge is 2.42. The van der Waals surface area contributed by atoms with Crippen LogP contribution < -0.4 is 10.6 Å². The smallest absolute Gasteiger partial charge is 0.229 e. The summed E-state index contributed by atoms with van der Waals surface area (Å²) in [5.41, 5.74) is 3.22. The van der Waals surface area contributed by atoms with Gasteiger partial charge < -0.3 is 10.6 Å². The molecule has 1 aromatic rings.